The third kappa shape index (κ3) is 9.11. The molecular formula is C66H71N5O9S3. The fraction of sp³-hybridized carbons (Fsp3) is 0.409. The SMILES string of the molecule is CC1(C)C2CCC1(CS(=O)(=O)N(c1ccccc1)c1ccc([N]c3ccc(N(c4ccc([N]c5ccc(N(c6ccccc6)S(=O)(=O)CC67CCC(CC6=O)C7(C)C)cc5)cc4)S(=O)(=O)CC45CCC(CC4=O)C5(C)C)cc3)cc1)C(=O)C2. The maximum absolute atomic E-state index is 15.1. The number of hydrogen-bond acceptors (Lipinski definition) is 9. The molecule has 6 aromatic rings. The summed E-state index contributed by atoms with van der Waals surface area (Å²) in [5.41, 5.74) is 0.0974. The zero-order valence-electron chi connectivity index (χ0n) is 47.9. The highest BCUT2D eigenvalue weighted by Crippen LogP contribution is 2.67. The normalized spacial score (nSPS) is 26.3. The minimum absolute atomic E-state index is 0.0179. The first kappa shape index (κ1) is 56.7. The first-order chi connectivity index (χ1) is 39.2. The van der Waals surface area contributed by atoms with E-state index in [4.69, 9.17) is 10.6 Å². The lowest BCUT2D eigenvalue weighted by atomic mass is 9.70. The minimum atomic E-state index is -4.23. The van der Waals surface area contributed by atoms with Gasteiger partial charge in [-0.15, -0.1) is 0 Å². The van der Waals surface area contributed by atoms with Crippen LogP contribution in [-0.2, 0) is 44.5 Å². The monoisotopic (exact) mass is 1170 g/mol. The summed E-state index contributed by atoms with van der Waals surface area (Å²) >= 11 is 0. The van der Waals surface area contributed by atoms with Gasteiger partial charge >= 0.3 is 0 Å². The molecule has 17 heteroatoms. The first-order valence-corrected chi connectivity index (χ1v) is 33.7. The second-order valence-electron chi connectivity index (χ2n) is 26.0. The van der Waals surface area contributed by atoms with E-state index in [1.54, 1.807) is 146 Å². The zero-order chi connectivity index (χ0) is 58.8. The standard InChI is InChI=1S/C66H71N5O9S3/c1-61(2)45-33-36-64(61,58(72)39-45)42-81(75,76)69(52-13-9-7-10-14-52)54-25-17-48(18-26-54)67-50-21-29-56(30-22-50)71(83(79,80)44-66-38-35-47(41-60(66)74)63(66,5)6)57-31-23-51(24-32-57)68-49-19-27-55(28-20-49)70(53-15-11-8-12-16-53)82(77,78)43-65-37-34-46(40-59(65)73)62(65,3)4/h7-32,45-47H,33-44H2,1-6H3. The summed E-state index contributed by atoms with van der Waals surface area (Å²) in [5, 5.41) is 9.69. The molecule has 6 unspecified atom stereocenters. The van der Waals surface area contributed by atoms with E-state index < -0.39 is 62.6 Å². The van der Waals surface area contributed by atoms with Crippen molar-refractivity contribution >= 4 is 104 Å². The van der Waals surface area contributed by atoms with E-state index in [-0.39, 0.29) is 52.4 Å². The molecule has 6 aromatic carbocycles. The molecule has 6 aliphatic rings. The van der Waals surface area contributed by atoms with Crippen LogP contribution >= 0.6 is 0 Å². The van der Waals surface area contributed by atoms with Gasteiger partial charge in [-0.05, 0) is 194 Å². The number of benzene rings is 6. The van der Waals surface area contributed by atoms with Crippen LogP contribution in [-0.4, -0.2) is 59.9 Å². The molecule has 0 aliphatic heterocycles. The van der Waals surface area contributed by atoms with Crippen LogP contribution < -0.4 is 23.5 Å². The van der Waals surface area contributed by atoms with Crippen molar-refractivity contribution in [1.29, 1.82) is 0 Å². The van der Waals surface area contributed by atoms with Gasteiger partial charge in [-0.2, -0.15) is 0 Å². The van der Waals surface area contributed by atoms with Crippen LogP contribution in [0, 0.1) is 50.2 Å². The fourth-order valence-electron chi connectivity index (χ4n) is 15.9. The van der Waals surface area contributed by atoms with Crippen molar-refractivity contribution in [1.82, 2.24) is 10.6 Å². The van der Waals surface area contributed by atoms with Crippen LogP contribution in [0.2, 0.25) is 0 Å². The van der Waals surface area contributed by atoms with E-state index in [9.17, 15) is 31.2 Å². The third-order valence-electron chi connectivity index (χ3n) is 21.4. The van der Waals surface area contributed by atoms with Crippen LogP contribution in [0.25, 0.3) is 0 Å². The average Bonchev–Trinajstić information content (AvgIpc) is 1.69. The smallest absolute Gasteiger partial charge is 0.240 e. The topological polar surface area (TPSA) is 192 Å². The van der Waals surface area contributed by atoms with Gasteiger partial charge in [0, 0.05) is 19.3 Å². The van der Waals surface area contributed by atoms with Gasteiger partial charge in [0.15, 0.2) is 0 Å². The largest absolute Gasteiger partial charge is 0.299 e. The number of nitrogens with zero attached hydrogens (tertiary/aromatic N) is 5. The van der Waals surface area contributed by atoms with Crippen molar-refractivity contribution in [2.24, 2.45) is 50.2 Å². The molecule has 12 rings (SSSR count). The Labute approximate surface area is 489 Å². The molecule has 6 saturated carbocycles. The molecule has 6 aliphatic carbocycles. The summed E-state index contributed by atoms with van der Waals surface area (Å²) in [5.74, 6) is -0.475. The molecule has 0 aromatic heterocycles. The predicted octanol–water partition coefficient (Wildman–Crippen LogP) is 13.4. The van der Waals surface area contributed by atoms with E-state index in [0.29, 0.717) is 95.4 Å². The number of Topliss-reactive ketones (excluding diaryl/α,β-unsaturated/α-hetero) is 3. The molecule has 0 amide bonds. The molecule has 432 valence electrons. The minimum Gasteiger partial charge on any atom is -0.299 e. The Hall–Kier alpha value is -6.82. The highest BCUT2D eigenvalue weighted by atomic mass is 32.2. The molecular weight excluding hydrogens is 1100 g/mol. The third-order valence-corrected chi connectivity index (χ3v) is 26.9. The van der Waals surface area contributed by atoms with Crippen molar-refractivity contribution in [3.63, 3.8) is 0 Å². The molecule has 83 heavy (non-hydrogen) atoms. The Morgan fingerprint density at radius 2 is 0.566 bits per heavy atom. The van der Waals surface area contributed by atoms with Crippen LogP contribution in [0.4, 0.5) is 56.9 Å². The number of hydrogen-bond donors (Lipinski definition) is 0. The van der Waals surface area contributed by atoms with Gasteiger partial charge in [-0.25, -0.2) is 48.8 Å². The Morgan fingerprint density at radius 1 is 0.349 bits per heavy atom. The first-order valence-electron chi connectivity index (χ1n) is 28.9. The van der Waals surface area contributed by atoms with Crippen LogP contribution in [0.3, 0.4) is 0 Å². The second kappa shape index (κ2) is 19.9. The van der Waals surface area contributed by atoms with E-state index in [0.717, 1.165) is 19.3 Å². The lowest BCUT2D eigenvalue weighted by molar-refractivity contribution is -0.128. The van der Waals surface area contributed by atoms with Crippen molar-refractivity contribution in [2.45, 2.75) is 99.3 Å². The molecule has 0 N–H and O–H groups in total. The Morgan fingerprint density at radius 3 is 0.759 bits per heavy atom. The molecule has 0 spiro atoms. The molecule has 6 atom stereocenters. The molecule has 6 fully saturated rings. The van der Waals surface area contributed by atoms with Crippen molar-refractivity contribution in [3.05, 3.63) is 158 Å². The highest BCUT2D eigenvalue weighted by Gasteiger charge is 2.68. The van der Waals surface area contributed by atoms with Crippen molar-refractivity contribution in [3.8, 4) is 0 Å². The van der Waals surface area contributed by atoms with Gasteiger partial charge in [0.05, 0.1) is 90.4 Å². The van der Waals surface area contributed by atoms with E-state index >= 15 is 8.42 Å². The lowest BCUT2D eigenvalue weighted by Gasteiger charge is -2.38. The maximum atomic E-state index is 15.1. The number of para-hydroxylation sites is 2. The zero-order valence-corrected chi connectivity index (χ0v) is 50.3. The Bertz CT molecular complexity index is 3660. The average molecular weight is 1170 g/mol. The van der Waals surface area contributed by atoms with Crippen molar-refractivity contribution < 1.29 is 39.6 Å². The molecule has 6 bridgehead atoms. The van der Waals surface area contributed by atoms with Gasteiger partial charge in [0.2, 0.25) is 30.1 Å². The number of ketones is 3. The molecule has 14 nitrogen and oxygen atoms in total. The summed E-state index contributed by atoms with van der Waals surface area (Å²) in [4.78, 5) is 40.8. The van der Waals surface area contributed by atoms with Crippen LogP contribution in [0.5, 0.6) is 0 Å². The van der Waals surface area contributed by atoms with Gasteiger partial charge in [0.25, 0.3) is 0 Å². The van der Waals surface area contributed by atoms with E-state index in [1.807, 2.05) is 53.7 Å². The summed E-state index contributed by atoms with van der Waals surface area (Å²) in [6, 6.07) is 45.0. The summed E-state index contributed by atoms with van der Waals surface area (Å²) < 4.78 is 92.8. The van der Waals surface area contributed by atoms with Crippen LogP contribution in [0.15, 0.2) is 158 Å². The van der Waals surface area contributed by atoms with Gasteiger partial charge in [-0.1, -0.05) is 77.9 Å². The Balaban J connectivity index is 0.797. The molecule has 2 radical (unpaired) electrons. The van der Waals surface area contributed by atoms with Gasteiger partial charge in [0.1, 0.15) is 17.3 Å². The van der Waals surface area contributed by atoms with Crippen LogP contribution in [0.1, 0.15) is 99.3 Å². The number of rotatable bonds is 19. The van der Waals surface area contributed by atoms with E-state index in [2.05, 4.69) is 0 Å². The molecule has 0 heterocycles. The number of fused-ring (bicyclic) bond motifs is 6. The number of carbonyl (C=O) groups excluding carboxylic acids is 3. The summed E-state index contributed by atoms with van der Waals surface area (Å²) in [7, 11) is -12.4. The summed E-state index contributed by atoms with van der Waals surface area (Å²) in [6.45, 7) is 12.2. The second-order valence-corrected chi connectivity index (χ2v) is 31.5. The maximum Gasteiger partial charge on any atom is 0.240 e. The van der Waals surface area contributed by atoms with Crippen molar-refractivity contribution in [2.75, 3.05) is 30.2 Å². The number of anilines is 6. The lowest BCUT2D eigenvalue weighted by Crippen LogP contribution is -2.45. The predicted molar refractivity (Wildman–Crippen MR) is 325 cm³/mol. The number of carbonyl (C=O) groups is 3. The number of sulfonamides is 3. The fourth-order valence-corrected chi connectivity index (χ4v) is 22.9. The quantitative estimate of drug-likeness (QED) is 0.0759. The molecule has 0 saturated heterocycles. The van der Waals surface area contributed by atoms with Gasteiger partial charge < -0.3 is 0 Å². The summed E-state index contributed by atoms with van der Waals surface area (Å²) in [6.07, 6.45) is 5.19. The van der Waals surface area contributed by atoms with Gasteiger partial charge in [-0.3, -0.25) is 14.4 Å². The van der Waals surface area contributed by atoms with E-state index in [1.165, 1.54) is 12.9 Å². The Kier molecular flexibility index (Phi) is 13.6. The highest BCUT2D eigenvalue weighted by molar-refractivity contribution is 7.93.